The van der Waals surface area contributed by atoms with Crippen LogP contribution in [0.3, 0.4) is 0 Å². The summed E-state index contributed by atoms with van der Waals surface area (Å²) in [6.07, 6.45) is 0.744. The summed E-state index contributed by atoms with van der Waals surface area (Å²) in [7, 11) is 0. The molecule has 2 nitrogen and oxygen atoms in total. The summed E-state index contributed by atoms with van der Waals surface area (Å²) in [6, 6.07) is 4.48. The smallest absolute Gasteiger partial charge is 0.302 e. The molecule has 0 N–H and O–H groups in total. The predicted octanol–water partition coefficient (Wildman–Crippen LogP) is 5.23. The van der Waals surface area contributed by atoms with E-state index in [0.29, 0.717) is 0 Å². The SMILES string of the molecule is CC(=O)OC1CC(C)(C)c2cc(Br)c(CBr)cc2C1(C)C. The van der Waals surface area contributed by atoms with Crippen molar-refractivity contribution in [2.75, 3.05) is 0 Å². The van der Waals surface area contributed by atoms with E-state index in [0.717, 1.165) is 16.2 Å². The van der Waals surface area contributed by atoms with Crippen LogP contribution >= 0.6 is 31.9 Å². The molecule has 0 saturated carbocycles. The molecule has 1 aliphatic carbocycles. The normalized spacial score (nSPS) is 22.5. The Morgan fingerprint density at radius 3 is 2.43 bits per heavy atom. The summed E-state index contributed by atoms with van der Waals surface area (Å²) in [6.45, 7) is 10.3. The molecule has 0 fully saturated rings. The van der Waals surface area contributed by atoms with Crippen LogP contribution in [0, 0.1) is 0 Å². The van der Waals surface area contributed by atoms with Crippen molar-refractivity contribution in [3.63, 3.8) is 0 Å². The average Bonchev–Trinajstić information content (AvgIpc) is 2.35. The van der Waals surface area contributed by atoms with E-state index in [1.54, 1.807) is 0 Å². The average molecular weight is 418 g/mol. The highest BCUT2D eigenvalue weighted by atomic mass is 79.9. The fraction of sp³-hybridized carbons (Fsp3) is 0.588. The number of benzene rings is 1. The van der Waals surface area contributed by atoms with Gasteiger partial charge in [-0.2, -0.15) is 0 Å². The number of hydrogen-bond donors (Lipinski definition) is 0. The third kappa shape index (κ3) is 3.07. The first kappa shape index (κ1) is 17.0. The molecule has 0 aliphatic heterocycles. The number of rotatable bonds is 2. The molecule has 1 aromatic carbocycles. The lowest BCUT2D eigenvalue weighted by Gasteiger charge is -2.47. The summed E-state index contributed by atoms with van der Waals surface area (Å²) in [5, 5.41) is 0.801. The van der Waals surface area contributed by atoms with Gasteiger partial charge in [0.05, 0.1) is 0 Å². The van der Waals surface area contributed by atoms with E-state index in [2.05, 4.69) is 71.7 Å². The van der Waals surface area contributed by atoms with E-state index in [-0.39, 0.29) is 22.9 Å². The molecular formula is C17H22Br2O2. The number of halogens is 2. The van der Waals surface area contributed by atoms with Gasteiger partial charge in [-0.05, 0) is 34.6 Å². The monoisotopic (exact) mass is 416 g/mol. The van der Waals surface area contributed by atoms with Crippen molar-refractivity contribution in [1.82, 2.24) is 0 Å². The summed E-state index contributed by atoms with van der Waals surface area (Å²) in [4.78, 5) is 11.5. The van der Waals surface area contributed by atoms with Gasteiger partial charge in [0, 0.05) is 22.1 Å². The molecule has 0 radical (unpaired) electrons. The van der Waals surface area contributed by atoms with Gasteiger partial charge in [-0.15, -0.1) is 0 Å². The third-order valence-corrected chi connectivity index (χ3v) is 5.91. The predicted molar refractivity (Wildman–Crippen MR) is 93.0 cm³/mol. The molecule has 0 spiro atoms. The van der Waals surface area contributed by atoms with Crippen molar-refractivity contribution in [2.45, 2.75) is 63.3 Å². The molecule has 1 aliphatic rings. The highest BCUT2D eigenvalue weighted by molar-refractivity contribution is 9.10. The topological polar surface area (TPSA) is 26.3 Å². The molecule has 0 aromatic heterocycles. The largest absolute Gasteiger partial charge is 0.462 e. The molecular weight excluding hydrogens is 396 g/mol. The molecule has 2 rings (SSSR count). The summed E-state index contributed by atoms with van der Waals surface area (Å²) in [5.74, 6) is -0.204. The first-order valence-electron chi connectivity index (χ1n) is 7.16. The number of carbonyl (C=O) groups excluding carboxylic acids is 1. The number of alkyl halides is 1. The maximum Gasteiger partial charge on any atom is 0.302 e. The molecule has 1 atom stereocenters. The van der Waals surface area contributed by atoms with Crippen LogP contribution < -0.4 is 0 Å². The van der Waals surface area contributed by atoms with Crippen molar-refractivity contribution >= 4 is 37.8 Å². The summed E-state index contributed by atoms with van der Waals surface area (Å²) in [5.41, 5.74) is 3.64. The van der Waals surface area contributed by atoms with Crippen molar-refractivity contribution in [2.24, 2.45) is 0 Å². The zero-order valence-corrected chi connectivity index (χ0v) is 16.4. The molecule has 0 saturated heterocycles. The van der Waals surface area contributed by atoms with E-state index in [4.69, 9.17) is 4.74 Å². The van der Waals surface area contributed by atoms with Gasteiger partial charge in [0.25, 0.3) is 0 Å². The molecule has 1 aromatic rings. The maximum atomic E-state index is 11.5. The van der Waals surface area contributed by atoms with Crippen LogP contribution in [0.1, 0.15) is 57.7 Å². The zero-order chi connectivity index (χ0) is 16.0. The van der Waals surface area contributed by atoms with Crippen LogP contribution in [-0.4, -0.2) is 12.1 Å². The fourth-order valence-corrected chi connectivity index (χ4v) is 4.53. The molecule has 0 bridgehead atoms. The Balaban J connectivity index is 2.62. The highest BCUT2D eigenvalue weighted by Gasteiger charge is 2.46. The number of ether oxygens (including phenoxy) is 1. The lowest BCUT2D eigenvalue weighted by molar-refractivity contribution is -0.151. The minimum absolute atomic E-state index is 0.0155. The van der Waals surface area contributed by atoms with Gasteiger partial charge in [-0.1, -0.05) is 65.6 Å². The second kappa shape index (κ2) is 5.69. The van der Waals surface area contributed by atoms with Crippen LogP contribution in [0.4, 0.5) is 0 Å². The van der Waals surface area contributed by atoms with Crippen LogP contribution in [0.5, 0.6) is 0 Å². The van der Waals surface area contributed by atoms with Crippen molar-refractivity contribution < 1.29 is 9.53 Å². The molecule has 0 amide bonds. The Labute approximate surface area is 143 Å². The van der Waals surface area contributed by atoms with Gasteiger partial charge in [0.2, 0.25) is 0 Å². The van der Waals surface area contributed by atoms with Gasteiger partial charge in [0.1, 0.15) is 6.10 Å². The fourth-order valence-electron chi connectivity index (χ4n) is 3.20. The third-order valence-electron chi connectivity index (χ3n) is 4.56. The second-order valence-electron chi connectivity index (χ2n) is 7.03. The van der Waals surface area contributed by atoms with Gasteiger partial charge in [-0.3, -0.25) is 4.79 Å². The van der Waals surface area contributed by atoms with Crippen LogP contribution in [0.25, 0.3) is 0 Å². The van der Waals surface area contributed by atoms with E-state index >= 15 is 0 Å². The number of hydrogen-bond acceptors (Lipinski definition) is 2. The molecule has 0 heterocycles. The molecule has 21 heavy (non-hydrogen) atoms. The first-order valence-corrected chi connectivity index (χ1v) is 9.07. The maximum absolute atomic E-state index is 11.5. The van der Waals surface area contributed by atoms with E-state index < -0.39 is 0 Å². The van der Waals surface area contributed by atoms with Crippen LogP contribution in [-0.2, 0) is 25.7 Å². The van der Waals surface area contributed by atoms with Crippen molar-refractivity contribution in [3.8, 4) is 0 Å². The van der Waals surface area contributed by atoms with E-state index in [9.17, 15) is 4.79 Å². The van der Waals surface area contributed by atoms with Crippen molar-refractivity contribution in [1.29, 1.82) is 0 Å². The minimum Gasteiger partial charge on any atom is -0.462 e. The van der Waals surface area contributed by atoms with Crippen LogP contribution in [0.2, 0.25) is 0 Å². The Kier molecular flexibility index (Phi) is 4.61. The lowest BCUT2D eigenvalue weighted by atomic mass is 9.61. The van der Waals surface area contributed by atoms with Gasteiger partial charge in [-0.25, -0.2) is 0 Å². The minimum atomic E-state index is -0.204. The van der Waals surface area contributed by atoms with Crippen LogP contribution in [0.15, 0.2) is 16.6 Å². The second-order valence-corrected chi connectivity index (χ2v) is 8.45. The van der Waals surface area contributed by atoms with Gasteiger partial charge < -0.3 is 4.74 Å². The highest BCUT2D eigenvalue weighted by Crippen LogP contribution is 2.48. The van der Waals surface area contributed by atoms with Gasteiger partial charge in [0.15, 0.2) is 0 Å². The Hall–Kier alpha value is -0.350. The summed E-state index contributed by atoms with van der Waals surface area (Å²) >= 11 is 7.21. The lowest BCUT2D eigenvalue weighted by Crippen LogP contribution is -2.47. The Bertz CT molecular complexity index is 576. The molecule has 4 heteroatoms. The Morgan fingerprint density at radius 1 is 1.29 bits per heavy atom. The van der Waals surface area contributed by atoms with E-state index in [1.807, 2.05) is 0 Å². The zero-order valence-electron chi connectivity index (χ0n) is 13.2. The summed E-state index contributed by atoms with van der Waals surface area (Å²) < 4.78 is 6.77. The number of esters is 1. The van der Waals surface area contributed by atoms with E-state index in [1.165, 1.54) is 23.6 Å². The number of carbonyl (C=O) groups is 1. The Morgan fingerprint density at radius 2 is 1.90 bits per heavy atom. The molecule has 1 unspecified atom stereocenters. The first-order chi connectivity index (χ1) is 9.59. The van der Waals surface area contributed by atoms with Gasteiger partial charge >= 0.3 is 5.97 Å². The molecule has 116 valence electrons. The standard InChI is InChI=1S/C17H22Br2O2/c1-10(20)21-15-8-16(2,3)12-7-14(19)11(9-18)6-13(12)17(15,4)5/h6-7,15H,8-9H2,1-5H3. The van der Waals surface area contributed by atoms with Crippen molar-refractivity contribution in [3.05, 3.63) is 33.3 Å². The number of fused-ring (bicyclic) bond motifs is 1. The quantitative estimate of drug-likeness (QED) is 0.486.